The van der Waals surface area contributed by atoms with Gasteiger partial charge in [0.15, 0.2) is 0 Å². The van der Waals surface area contributed by atoms with Crippen LogP contribution in [0.3, 0.4) is 0 Å². The number of nitrogens with two attached hydrogens (primary N) is 1. The number of carbonyl (C=O) groups is 1. The highest BCUT2D eigenvalue weighted by Crippen LogP contribution is 2.11. The van der Waals surface area contributed by atoms with Gasteiger partial charge in [-0.15, -0.1) is 0 Å². The van der Waals surface area contributed by atoms with Crippen LogP contribution in [0.2, 0.25) is 0 Å². The van der Waals surface area contributed by atoms with E-state index in [0.29, 0.717) is 6.42 Å². The van der Waals surface area contributed by atoms with E-state index >= 15 is 0 Å². The molecule has 0 aliphatic carbocycles. The first-order valence-electron chi connectivity index (χ1n) is 2.90. The lowest BCUT2D eigenvalue weighted by Gasteiger charge is -2.18. The first kappa shape index (κ1) is 9.35. The van der Waals surface area contributed by atoms with E-state index in [-0.39, 0.29) is 6.42 Å². The van der Waals surface area contributed by atoms with Gasteiger partial charge in [0.1, 0.15) is 0 Å². The largest absolute Gasteiger partial charge is 0.477 e. The van der Waals surface area contributed by atoms with Crippen molar-refractivity contribution in [2.75, 3.05) is 0 Å². The zero-order valence-electron chi connectivity index (χ0n) is 5.70. The molecular formula is C5H11NO4. The summed E-state index contributed by atoms with van der Waals surface area (Å²) in [5.41, 5.74) is 0. The van der Waals surface area contributed by atoms with Crippen LogP contribution in [0.5, 0.6) is 0 Å². The summed E-state index contributed by atoms with van der Waals surface area (Å²) in [5.74, 6) is 0.888. The van der Waals surface area contributed by atoms with E-state index in [4.69, 9.17) is 10.2 Å². The minimum Gasteiger partial charge on any atom is -0.477 e. The fraction of sp³-hybridized carbons (Fsp3) is 0.800. The van der Waals surface area contributed by atoms with Crippen LogP contribution >= 0.6 is 0 Å². The molecule has 0 heterocycles. The van der Waals surface area contributed by atoms with Crippen molar-refractivity contribution in [3.63, 3.8) is 0 Å². The molecule has 0 aromatic carbocycles. The van der Waals surface area contributed by atoms with Crippen LogP contribution in [0.1, 0.15) is 19.8 Å². The van der Waals surface area contributed by atoms with Crippen molar-refractivity contribution in [3.8, 4) is 0 Å². The molecule has 0 saturated carbocycles. The maximum Gasteiger partial charge on any atom is 0.365 e. The molecule has 0 bridgehead atoms. The van der Waals surface area contributed by atoms with Crippen molar-refractivity contribution in [2.45, 2.75) is 25.6 Å². The van der Waals surface area contributed by atoms with Gasteiger partial charge < -0.3 is 10.2 Å². The zero-order chi connectivity index (χ0) is 8.20. The van der Waals surface area contributed by atoms with E-state index in [9.17, 15) is 4.79 Å². The number of hydrogen-bond acceptors (Lipinski definition) is 4. The second-order valence-electron chi connectivity index (χ2n) is 1.96. The highest BCUT2D eigenvalue weighted by Gasteiger charge is 2.35. The molecule has 0 aliphatic heterocycles. The summed E-state index contributed by atoms with van der Waals surface area (Å²) in [6, 6.07) is 0. The van der Waals surface area contributed by atoms with Gasteiger partial charge in [0.05, 0.1) is 0 Å². The minimum absolute atomic E-state index is 0.0150. The topological polar surface area (TPSA) is 92.8 Å². The summed E-state index contributed by atoms with van der Waals surface area (Å²) in [4.78, 5) is 14.1. The van der Waals surface area contributed by atoms with Crippen LogP contribution in [0.4, 0.5) is 0 Å². The Balaban J connectivity index is 4.08. The monoisotopic (exact) mass is 149 g/mol. The van der Waals surface area contributed by atoms with Crippen LogP contribution in [0, 0.1) is 0 Å². The van der Waals surface area contributed by atoms with Crippen LogP contribution in [-0.2, 0) is 9.63 Å². The number of rotatable bonds is 4. The van der Waals surface area contributed by atoms with Crippen molar-refractivity contribution in [2.24, 2.45) is 5.90 Å². The zero-order valence-corrected chi connectivity index (χ0v) is 5.70. The highest BCUT2D eigenvalue weighted by atomic mass is 16.7. The number of aliphatic hydroxyl groups is 1. The molecule has 5 nitrogen and oxygen atoms in total. The Morgan fingerprint density at radius 1 is 1.80 bits per heavy atom. The van der Waals surface area contributed by atoms with Crippen LogP contribution in [0.25, 0.3) is 0 Å². The molecule has 0 spiro atoms. The quantitative estimate of drug-likeness (QED) is 0.368. The van der Waals surface area contributed by atoms with E-state index in [1.807, 2.05) is 0 Å². The third-order valence-electron chi connectivity index (χ3n) is 1.12. The maximum atomic E-state index is 10.2. The summed E-state index contributed by atoms with van der Waals surface area (Å²) >= 11 is 0. The number of hydrogen-bond donors (Lipinski definition) is 3. The second kappa shape index (κ2) is 3.50. The van der Waals surface area contributed by atoms with E-state index in [2.05, 4.69) is 10.7 Å². The molecule has 0 aromatic heterocycles. The molecule has 0 amide bonds. The molecule has 0 aliphatic rings. The number of carboxylic acid groups (broad SMARTS) is 1. The molecule has 0 aromatic rings. The van der Waals surface area contributed by atoms with Crippen molar-refractivity contribution >= 4 is 5.97 Å². The molecular weight excluding hydrogens is 138 g/mol. The first-order chi connectivity index (χ1) is 4.56. The van der Waals surface area contributed by atoms with Crippen molar-refractivity contribution in [3.05, 3.63) is 0 Å². The molecule has 10 heavy (non-hydrogen) atoms. The Morgan fingerprint density at radius 3 is 2.40 bits per heavy atom. The summed E-state index contributed by atoms with van der Waals surface area (Å²) < 4.78 is 0. The van der Waals surface area contributed by atoms with Gasteiger partial charge in [-0.05, 0) is 0 Å². The Kier molecular flexibility index (Phi) is 3.27. The Bertz CT molecular complexity index is 127. The molecule has 0 fully saturated rings. The molecule has 5 heteroatoms. The fourth-order valence-electron chi connectivity index (χ4n) is 0.555. The van der Waals surface area contributed by atoms with Gasteiger partial charge in [0.2, 0.25) is 0 Å². The number of carboxylic acids is 1. The van der Waals surface area contributed by atoms with Gasteiger partial charge in [-0.1, -0.05) is 13.3 Å². The SMILES string of the molecule is CCCC(O)(ON)C(=O)O. The lowest BCUT2D eigenvalue weighted by Crippen LogP contribution is -2.43. The minimum atomic E-state index is -2.21. The van der Waals surface area contributed by atoms with Gasteiger partial charge in [-0.3, -0.25) is 4.84 Å². The van der Waals surface area contributed by atoms with Gasteiger partial charge in [0.25, 0.3) is 5.79 Å². The van der Waals surface area contributed by atoms with Crippen LogP contribution in [0.15, 0.2) is 0 Å². The Labute approximate surface area is 58.4 Å². The molecule has 0 radical (unpaired) electrons. The first-order valence-corrected chi connectivity index (χ1v) is 2.90. The summed E-state index contributed by atoms with van der Waals surface area (Å²) in [6.45, 7) is 1.72. The van der Waals surface area contributed by atoms with E-state index < -0.39 is 11.8 Å². The smallest absolute Gasteiger partial charge is 0.365 e. The lowest BCUT2D eigenvalue weighted by molar-refractivity contribution is -0.228. The summed E-state index contributed by atoms with van der Waals surface area (Å²) in [7, 11) is 0. The fourth-order valence-corrected chi connectivity index (χ4v) is 0.555. The van der Waals surface area contributed by atoms with E-state index in [0.717, 1.165) is 0 Å². The molecule has 4 N–H and O–H groups in total. The van der Waals surface area contributed by atoms with Crippen molar-refractivity contribution in [1.82, 2.24) is 0 Å². The molecule has 1 atom stereocenters. The van der Waals surface area contributed by atoms with Gasteiger partial charge in [-0.2, -0.15) is 0 Å². The lowest BCUT2D eigenvalue weighted by atomic mass is 10.1. The average Bonchev–Trinajstić information content (AvgIpc) is 1.88. The predicted octanol–water partition coefficient (Wildman–Crippen LogP) is -0.550. The molecule has 60 valence electrons. The Hall–Kier alpha value is -0.650. The van der Waals surface area contributed by atoms with Crippen molar-refractivity contribution < 1.29 is 19.8 Å². The van der Waals surface area contributed by atoms with Gasteiger partial charge in [-0.25, -0.2) is 10.7 Å². The second-order valence-corrected chi connectivity index (χ2v) is 1.96. The van der Waals surface area contributed by atoms with Crippen LogP contribution < -0.4 is 5.90 Å². The summed E-state index contributed by atoms with van der Waals surface area (Å²) in [6.07, 6.45) is 0.471. The third-order valence-corrected chi connectivity index (χ3v) is 1.12. The normalized spacial score (nSPS) is 16.3. The molecule has 1 unspecified atom stereocenters. The third kappa shape index (κ3) is 1.94. The Morgan fingerprint density at radius 2 is 2.30 bits per heavy atom. The maximum absolute atomic E-state index is 10.2. The van der Waals surface area contributed by atoms with Crippen LogP contribution in [-0.4, -0.2) is 22.0 Å². The molecule has 0 saturated heterocycles. The molecule has 0 rings (SSSR count). The predicted molar refractivity (Wildman–Crippen MR) is 32.8 cm³/mol. The van der Waals surface area contributed by atoms with Crippen molar-refractivity contribution in [1.29, 1.82) is 0 Å². The standard InChI is InChI=1S/C5H11NO4/c1-2-3-5(9,10-6)4(7)8/h9H,2-3,6H2,1H3,(H,7,8). The average molecular weight is 149 g/mol. The highest BCUT2D eigenvalue weighted by molar-refractivity contribution is 5.75. The number of aliphatic carboxylic acids is 1. The van der Waals surface area contributed by atoms with E-state index in [1.54, 1.807) is 6.92 Å². The van der Waals surface area contributed by atoms with Gasteiger partial charge >= 0.3 is 5.97 Å². The summed E-state index contributed by atoms with van der Waals surface area (Å²) in [5, 5.41) is 17.3. The van der Waals surface area contributed by atoms with Gasteiger partial charge in [0, 0.05) is 6.42 Å². The van der Waals surface area contributed by atoms with E-state index in [1.165, 1.54) is 0 Å².